The summed E-state index contributed by atoms with van der Waals surface area (Å²) in [5.74, 6) is -2.42. The van der Waals surface area contributed by atoms with E-state index < -0.39 is 54.7 Å². The minimum atomic E-state index is -1.67. The van der Waals surface area contributed by atoms with Crippen LogP contribution in [0.1, 0.15) is 13.3 Å². The second kappa shape index (κ2) is 9.63. The molecular weight excluding hydrogens is 356 g/mol. The van der Waals surface area contributed by atoms with E-state index in [1.165, 1.54) is 6.92 Å². The average Bonchev–Trinajstić information content (AvgIpc) is 2.53. The zero-order chi connectivity index (χ0) is 19.1. The predicted octanol–water partition coefficient (Wildman–Crippen LogP) is -2.37. The van der Waals surface area contributed by atoms with Gasteiger partial charge in [0.25, 0.3) is 0 Å². The Bertz CT molecular complexity index is 541. The molecule has 0 unspecified atom stereocenters. The van der Waals surface area contributed by atoms with E-state index in [-0.39, 0.29) is 18.0 Å². The molecule has 0 spiro atoms. The Balaban J connectivity index is 3.11. The van der Waals surface area contributed by atoms with E-state index in [0.29, 0.717) is 0 Å². The van der Waals surface area contributed by atoms with Gasteiger partial charge in [-0.15, -0.1) is 0 Å². The van der Waals surface area contributed by atoms with Gasteiger partial charge in [0.15, 0.2) is 6.10 Å². The normalized spacial score (nSPS) is 25.3. The summed E-state index contributed by atoms with van der Waals surface area (Å²) in [4.78, 5) is 22.9. The Morgan fingerprint density at radius 1 is 1.48 bits per heavy atom. The van der Waals surface area contributed by atoms with Crippen LogP contribution in [0.4, 0.5) is 0 Å². The average molecular weight is 378 g/mol. The fourth-order valence-electron chi connectivity index (χ4n) is 2.28. The molecule has 1 amide bonds. The van der Waals surface area contributed by atoms with Crippen LogP contribution in [-0.4, -0.2) is 81.0 Å². The second-order valence-electron chi connectivity index (χ2n) is 5.44. The third-order valence-electron chi connectivity index (χ3n) is 3.44. The summed E-state index contributed by atoms with van der Waals surface area (Å²) in [5.41, 5.74) is 5.38. The van der Waals surface area contributed by atoms with Crippen LogP contribution >= 0.6 is 12.2 Å². The number of amides is 1. The highest BCUT2D eigenvalue weighted by atomic mass is 32.1. The van der Waals surface area contributed by atoms with Crippen molar-refractivity contribution in [1.29, 1.82) is 0 Å². The SMILES string of the molecule is CC(=O)N[C@H]1[C@H]([C@H](O)[C@H](O)CO)OC(C(=O)O)=C[C@@H]1OCCC(N)=S. The molecule has 0 aromatic heterocycles. The smallest absolute Gasteiger partial charge is 0.370 e. The number of carboxylic acids is 1. The first-order valence-electron chi connectivity index (χ1n) is 7.43. The van der Waals surface area contributed by atoms with Crippen molar-refractivity contribution in [2.75, 3.05) is 13.2 Å². The molecule has 1 heterocycles. The number of rotatable bonds is 9. The van der Waals surface area contributed by atoms with Gasteiger partial charge in [0.1, 0.15) is 18.3 Å². The molecule has 142 valence electrons. The van der Waals surface area contributed by atoms with Crippen LogP contribution in [0.15, 0.2) is 11.8 Å². The van der Waals surface area contributed by atoms with Gasteiger partial charge in [0.2, 0.25) is 11.7 Å². The molecule has 0 aromatic rings. The van der Waals surface area contributed by atoms with Crippen molar-refractivity contribution >= 4 is 29.1 Å². The molecule has 0 aliphatic carbocycles. The number of hydrogen-bond donors (Lipinski definition) is 6. The summed E-state index contributed by atoms with van der Waals surface area (Å²) in [6.07, 6.45) is -4.27. The number of nitrogens with two attached hydrogens (primary N) is 1. The van der Waals surface area contributed by atoms with E-state index in [9.17, 15) is 19.8 Å². The molecular formula is C14H22N2O8S. The third kappa shape index (κ3) is 6.21. The molecule has 1 aliphatic rings. The van der Waals surface area contributed by atoms with Crippen LogP contribution < -0.4 is 11.1 Å². The van der Waals surface area contributed by atoms with Crippen molar-refractivity contribution < 1.29 is 39.5 Å². The number of carbonyl (C=O) groups excluding carboxylic acids is 1. The van der Waals surface area contributed by atoms with Gasteiger partial charge >= 0.3 is 5.97 Å². The summed E-state index contributed by atoms with van der Waals surface area (Å²) in [6, 6.07) is -1.01. The number of aliphatic hydroxyl groups excluding tert-OH is 3. The Hall–Kier alpha value is -1.79. The van der Waals surface area contributed by atoms with Crippen molar-refractivity contribution in [1.82, 2.24) is 5.32 Å². The predicted molar refractivity (Wildman–Crippen MR) is 88.4 cm³/mol. The largest absolute Gasteiger partial charge is 0.478 e. The molecule has 7 N–H and O–H groups in total. The minimum absolute atomic E-state index is 0.0465. The lowest BCUT2D eigenvalue weighted by Crippen LogP contribution is -2.60. The maximum Gasteiger partial charge on any atom is 0.370 e. The van der Waals surface area contributed by atoms with Crippen molar-refractivity contribution in [2.45, 2.75) is 43.8 Å². The highest BCUT2D eigenvalue weighted by Crippen LogP contribution is 2.25. The van der Waals surface area contributed by atoms with Crippen molar-refractivity contribution in [2.24, 2.45) is 5.73 Å². The summed E-state index contributed by atoms with van der Waals surface area (Å²) in [7, 11) is 0. The molecule has 5 atom stereocenters. The van der Waals surface area contributed by atoms with Crippen LogP contribution in [0.5, 0.6) is 0 Å². The number of hydrogen-bond acceptors (Lipinski definition) is 8. The Kier molecular flexibility index (Phi) is 8.19. The van der Waals surface area contributed by atoms with Crippen LogP contribution in [0.2, 0.25) is 0 Å². The van der Waals surface area contributed by atoms with Gasteiger partial charge in [0, 0.05) is 13.3 Å². The molecule has 0 saturated heterocycles. The lowest BCUT2D eigenvalue weighted by atomic mass is 9.93. The van der Waals surface area contributed by atoms with Crippen molar-refractivity contribution in [3.63, 3.8) is 0 Å². The molecule has 0 aromatic carbocycles. The van der Waals surface area contributed by atoms with E-state index in [4.69, 9.17) is 37.6 Å². The second-order valence-corrected chi connectivity index (χ2v) is 5.96. The fraction of sp³-hybridized carbons (Fsp3) is 0.643. The van der Waals surface area contributed by atoms with E-state index in [0.717, 1.165) is 6.08 Å². The first kappa shape index (κ1) is 21.3. The Morgan fingerprint density at radius 3 is 2.60 bits per heavy atom. The Morgan fingerprint density at radius 2 is 2.12 bits per heavy atom. The highest BCUT2D eigenvalue weighted by molar-refractivity contribution is 7.80. The van der Waals surface area contributed by atoms with Gasteiger partial charge in [-0.3, -0.25) is 4.79 Å². The maximum absolute atomic E-state index is 11.5. The zero-order valence-corrected chi connectivity index (χ0v) is 14.3. The number of nitrogens with one attached hydrogen (secondary N) is 1. The standard InChI is InChI=1S/C14H22N2O8S/c1-6(18)16-11-8(23-3-2-10(15)25)4-9(14(21)22)24-13(11)12(20)7(19)5-17/h4,7-8,11-13,17,19-20H,2-3,5H2,1H3,(H2,15,25)(H,16,18)(H,21,22)/t7-,8+,11-,12-,13-/m1/s1. The van der Waals surface area contributed by atoms with E-state index in [1.807, 2.05) is 0 Å². The van der Waals surface area contributed by atoms with E-state index in [1.54, 1.807) is 0 Å². The molecule has 10 nitrogen and oxygen atoms in total. The number of ether oxygens (including phenoxy) is 2. The number of carboxylic acid groups (broad SMARTS) is 1. The number of thiocarbonyl (C=S) groups is 1. The number of aliphatic carboxylic acids is 1. The highest BCUT2D eigenvalue weighted by Gasteiger charge is 2.44. The zero-order valence-electron chi connectivity index (χ0n) is 13.5. The van der Waals surface area contributed by atoms with Gasteiger partial charge < -0.3 is 41.0 Å². The van der Waals surface area contributed by atoms with Crippen LogP contribution in [0, 0.1) is 0 Å². The minimum Gasteiger partial charge on any atom is -0.478 e. The van der Waals surface area contributed by atoms with Crippen molar-refractivity contribution in [3.05, 3.63) is 11.8 Å². The lowest BCUT2D eigenvalue weighted by Gasteiger charge is -2.39. The lowest BCUT2D eigenvalue weighted by molar-refractivity contribution is -0.151. The molecule has 11 heteroatoms. The van der Waals surface area contributed by atoms with Crippen molar-refractivity contribution in [3.8, 4) is 0 Å². The molecule has 0 bridgehead atoms. The van der Waals surface area contributed by atoms with Gasteiger partial charge in [0.05, 0.1) is 24.2 Å². The molecule has 0 radical (unpaired) electrons. The summed E-state index contributed by atoms with van der Waals surface area (Å²) in [5, 5.41) is 40.5. The summed E-state index contributed by atoms with van der Waals surface area (Å²) >= 11 is 4.73. The van der Waals surface area contributed by atoms with Gasteiger partial charge in [-0.1, -0.05) is 12.2 Å². The molecule has 1 aliphatic heterocycles. The van der Waals surface area contributed by atoms with Crippen LogP contribution in [0.3, 0.4) is 0 Å². The molecule has 0 saturated carbocycles. The number of aliphatic hydroxyl groups is 3. The van der Waals surface area contributed by atoms with Gasteiger partial charge in [-0.2, -0.15) is 0 Å². The number of carbonyl (C=O) groups is 2. The molecule has 1 rings (SSSR count). The monoisotopic (exact) mass is 378 g/mol. The first-order chi connectivity index (χ1) is 11.7. The summed E-state index contributed by atoms with van der Waals surface area (Å²) < 4.78 is 10.7. The van der Waals surface area contributed by atoms with E-state index in [2.05, 4.69) is 5.32 Å². The topological polar surface area (TPSA) is 172 Å². The van der Waals surface area contributed by atoms with Gasteiger partial charge in [-0.05, 0) is 6.08 Å². The summed E-state index contributed by atoms with van der Waals surface area (Å²) in [6.45, 7) is 0.478. The first-order valence-corrected chi connectivity index (χ1v) is 7.84. The molecule has 0 fully saturated rings. The quantitative estimate of drug-likeness (QED) is 0.238. The van der Waals surface area contributed by atoms with Crippen LogP contribution in [-0.2, 0) is 19.1 Å². The third-order valence-corrected chi connectivity index (χ3v) is 3.65. The van der Waals surface area contributed by atoms with Crippen LogP contribution in [0.25, 0.3) is 0 Å². The maximum atomic E-state index is 11.5. The fourth-order valence-corrected chi connectivity index (χ4v) is 2.36. The molecule has 25 heavy (non-hydrogen) atoms. The van der Waals surface area contributed by atoms with E-state index >= 15 is 0 Å². The van der Waals surface area contributed by atoms with Gasteiger partial charge in [-0.25, -0.2) is 4.79 Å². The Labute approximate surface area is 149 Å².